The van der Waals surface area contributed by atoms with Gasteiger partial charge in [0.25, 0.3) is 12.3 Å². The van der Waals surface area contributed by atoms with Crippen LogP contribution in [0.2, 0.25) is 0 Å². The molecule has 3 heterocycles. The summed E-state index contributed by atoms with van der Waals surface area (Å²) in [6.07, 6.45) is -0.868. The molecular formula is C19H17F3N4O2. The van der Waals surface area contributed by atoms with Gasteiger partial charge in [0.05, 0.1) is 30.4 Å². The van der Waals surface area contributed by atoms with Gasteiger partial charge >= 0.3 is 0 Å². The Morgan fingerprint density at radius 3 is 2.75 bits per heavy atom. The van der Waals surface area contributed by atoms with Crippen molar-refractivity contribution in [3.63, 3.8) is 0 Å². The lowest BCUT2D eigenvalue weighted by molar-refractivity contribution is 0.0449. The van der Waals surface area contributed by atoms with E-state index in [1.54, 1.807) is 13.1 Å². The summed E-state index contributed by atoms with van der Waals surface area (Å²) >= 11 is 0. The Bertz CT molecular complexity index is 1070. The average molecular weight is 390 g/mol. The van der Waals surface area contributed by atoms with Crippen LogP contribution in [0.5, 0.6) is 5.75 Å². The minimum absolute atomic E-state index is 0.0723. The van der Waals surface area contributed by atoms with Gasteiger partial charge in [0.2, 0.25) is 0 Å². The van der Waals surface area contributed by atoms with E-state index >= 15 is 0 Å². The van der Waals surface area contributed by atoms with E-state index in [1.807, 2.05) is 0 Å². The molecule has 0 radical (unpaired) electrons. The Morgan fingerprint density at radius 2 is 2.11 bits per heavy atom. The zero-order valence-corrected chi connectivity index (χ0v) is 15.2. The maximum Gasteiger partial charge on any atom is 0.281 e. The summed E-state index contributed by atoms with van der Waals surface area (Å²) in [4.78, 5) is 18.5. The number of benzene rings is 1. The number of carbonyl (C=O) groups is 1. The molecule has 1 fully saturated rings. The number of rotatable bonds is 4. The molecule has 2 aromatic heterocycles. The Balaban J connectivity index is 1.71. The topological polar surface area (TPSA) is 60.2 Å². The van der Waals surface area contributed by atoms with Crippen molar-refractivity contribution in [3.8, 4) is 5.75 Å². The van der Waals surface area contributed by atoms with E-state index in [0.29, 0.717) is 29.6 Å². The van der Waals surface area contributed by atoms with Crippen molar-refractivity contribution in [2.45, 2.75) is 18.9 Å². The number of likely N-dealkylation sites (tertiary alicyclic amines) is 1. The van der Waals surface area contributed by atoms with E-state index in [4.69, 9.17) is 4.74 Å². The highest BCUT2D eigenvalue weighted by atomic mass is 19.3. The number of ether oxygens (including phenoxy) is 1. The van der Waals surface area contributed by atoms with E-state index < -0.39 is 23.8 Å². The van der Waals surface area contributed by atoms with Gasteiger partial charge in [0.15, 0.2) is 11.6 Å². The van der Waals surface area contributed by atoms with Gasteiger partial charge in [-0.1, -0.05) is 6.07 Å². The van der Waals surface area contributed by atoms with Crippen LogP contribution in [-0.2, 0) is 7.05 Å². The number of fused-ring (bicyclic) bond motifs is 1. The number of hydrogen-bond donors (Lipinski definition) is 0. The highest BCUT2D eigenvalue weighted by Gasteiger charge is 2.36. The lowest BCUT2D eigenvalue weighted by Gasteiger charge is -2.41. The number of aromatic nitrogens is 3. The standard InChI is InChI=1S/C19H17F3N4O2/c1-25-15-8-11(17(18(21)22)24-13(15)9-23-25)19(27)26-6-5-14(26)10-3-4-12(20)16(7-10)28-2/h3-4,7-9,14,18H,5-6H2,1-2H3. The second kappa shape index (κ2) is 6.81. The van der Waals surface area contributed by atoms with E-state index in [1.165, 1.54) is 41.1 Å². The molecule has 4 rings (SSSR count). The molecular weight excluding hydrogens is 373 g/mol. The molecule has 0 spiro atoms. The number of methoxy groups -OCH3 is 1. The average Bonchev–Trinajstić information content (AvgIpc) is 3.01. The van der Waals surface area contributed by atoms with Gasteiger partial charge in [-0.3, -0.25) is 9.48 Å². The van der Waals surface area contributed by atoms with E-state index in [0.717, 1.165) is 0 Å². The van der Waals surface area contributed by atoms with Crippen molar-refractivity contribution in [2.24, 2.45) is 7.05 Å². The molecule has 6 nitrogen and oxygen atoms in total. The number of aryl methyl sites for hydroxylation is 1. The molecule has 3 aromatic rings. The van der Waals surface area contributed by atoms with E-state index in [-0.39, 0.29) is 17.4 Å². The van der Waals surface area contributed by atoms with Crippen molar-refractivity contribution < 1.29 is 22.7 Å². The first-order valence-corrected chi connectivity index (χ1v) is 8.66. The lowest BCUT2D eigenvalue weighted by atomic mass is 9.93. The van der Waals surface area contributed by atoms with Crippen molar-refractivity contribution in [1.29, 1.82) is 0 Å². The fraction of sp³-hybridized carbons (Fsp3) is 0.316. The summed E-state index contributed by atoms with van der Waals surface area (Å²) in [5.74, 6) is -0.970. The Kier molecular flexibility index (Phi) is 4.44. The fourth-order valence-electron chi connectivity index (χ4n) is 3.44. The van der Waals surface area contributed by atoms with Gasteiger partial charge in [0, 0.05) is 13.6 Å². The number of hydrogen-bond acceptors (Lipinski definition) is 4. The maximum atomic E-state index is 13.7. The molecule has 1 saturated heterocycles. The third-order valence-electron chi connectivity index (χ3n) is 5.04. The molecule has 0 N–H and O–H groups in total. The predicted octanol–water partition coefficient (Wildman–Crippen LogP) is 3.64. The van der Waals surface area contributed by atoms with Crippen LogP contribution in [0, 0.1) is 5.82 Å². The van der Waals surface area contributed by atoms with Crippen LogP contribution in [0.15, 0.2) is 30.5 Å². The summed E-state index contributed by atoms with van der Waals surface area (Å²) < 4.78 is 47.2. The maximum absolute atomic E-state index is 13.7. The molecule has 1 atom stereocenters. The third kappa shape index (κ3) is 2.87. The summed E-state index contributed by atoms with van der Waals surface area (Å²) in [7, 11) is 3.01. The monoisotopic (exact) mass is 390 g/mol. The molecule has 146 valence electrons. The number of carbonyl (C=O) groups excluding carboxylic acids is 1. The molecule has 0 aliphatic carbocycles. The molecule has 0 saturated carbocycles. The SMILES string of the molecule is COc1cc(C2CCN2C(=O)c2cc3c(cnn3C)nc2C(F)F)ccc1F. The largest absolute Gasteiger partial charge is 0.494 e. The zero-order valence-electron chi connectivity index (χ0n) is 15.2. The Labute approximate surface area is 158 Å². The molecule has 1 aliphatic rings. The Hall–Kier alpha value is -3.10. The first kappa shape index (κ1) is 18.3. The van der Waals surface area contributed by atoms with Gasteiger partial charge in [-0.15, -0.1) is 0 Å². The highest BCUT2D eigenvalue weighted by Crippen LogP contribution is 2.37. The van der Waals surface area contributed by atoms with Crippen LogP contribution in [-0.4, -0.2) is 39.2 Å². The van der Waals surface area contributed by atoms with Crippen LogP contribution in [0.25, 0.3) is 11.0 Å². The number of pyridine rings is 1. The molecule has 28 heavy (non-hydrogen) atoms. The smallest absolute Gasteiger partial charge is 0.281 e. The summed E-state index contributed by atoms with van der Waals surface area (Å²) in [6.45, 7) is 0.412. The van der Waals surface area contributed by atoms with Crippen LogP contribution in [0.1, 0.15) is 40.5 Å². The van der Waals surface area contributed by atoms with Crippen molar-refractivity contribution in [1.82, 2.24) is 19.7 Å². The predicted molar refractivity (Wildman–Crippen MR) is 94.8 cm³/mol. The van der Waals surface area contributed by atoms with Crippen molar-refractivity contribution >= 4 is 16.9 Å². The third-order valence-corrected chi connectivity index (χ3v) is 5.04. The lowest BCUT2D eigenvalue weighted by Crippen LogP contribution is -2.45. The number of halogens is 3. The highest BCUT2D eigenvalue weighted by molar-refractivity contribution is 5.99. The summed E-state index contributed by atoms with van der Waals surface area (Å²) in [5.41, 5.74) is 0.773. The molecule has 1 aliphatic heterocycles. The number of alkyl halides is 2. The van der Waals surface area contributed by atoms with Gasteiger partial charge in [-0.05, 0) is 30.2 Å². The summed E-state index contributed by atoms with van der Waals surface area (Å²) in [5, 5.41) is 4.00. The molecule has 0 bridgehead atoms. The van der Waals surface area contributed by atoms with Crippen molar-refractivity contribution in [2.75, 3.05) is 13.7 Å². The van der Waals surface area contributed by atoms with Gasteiger partial charge in [-0.25, -0.2) is 18.2 Å². The van der Waals surface area contributed by atoms with Crippen LogP contribution in [0.4, 0.5) is 13.2 Å². The molecule has 1 aromatic carbocycles. The van der Waals surface area contributed by atoms with Crippen LogP contribution in [0.3, 0.4) is 0 Å². The first-order valence-electron chi connectivity index (χ1n) is 8.66. The normalized spacial score (nSPS) is 16.5. The number of nitrogens with zero attached hydrogens (tertiary/aromatic N) is 4. The van der Waals surface area contributed by atoms with Crippen LogP contribution < -0.4 is 4.74 Å². The second-order valence-electron chi connectivity index (χ2n) is 6.59. The van der Waals surface area contributed by atoms with E-state index in [2.05, 4.69) is 10.1 Å². The zero-order chi connectivity index (χ0) is 20.0. The summed E-state index contributed by atoms with van der Waals surface area (Å²) in [6, 6.07) is 5.42. The molecule has 9 heteroatoms. The minimum atomic E-state index is -2.89. The van der Waals surface area contributed by atoms with Gasteiger partial charge in [-0.2, -0.15) is 5.10 Å². The van der Waals surface area contributed by atoms with Gasteiger partial charge in [0.1, 0.15) is 11.2 Å². The van der Waals surface area contributed by atoms with Crippen molar-refractivity contribution in [3.05, 3.63) is 53.1 Å². The molecule has 1 amide bonds. The minimum Gasteiger partial charge on any atom is -0.494 e. The second-order valence-corrected chi connectivity index (χ2v) is 6.59. The first-order chi connectivity index (χ1) is 13.4. The van der Waals surface area contributed by atoms with Gasteiger partial charge < -0.3 is 9.64 Å². The number of amides is 1. The fourth-order valence-corrected chi connectivity index (χ4v) is 3.44. The molecule has 1 unspecified atom stereocenters. The Morgan fingerprint density at radius 1 is 1.32 bits per heavy atom. The van der Waals surface area contributed by atoms with E-state index in [9.17, 15) is 18.0 Å². The quantitative estimate of drug-likeness (QED) is 0.683. The van der Waals surface area contributed by atoms with Crippen LogP contribution >= 0.6 is 0 Å².